The molecule has 0 rings (SSSR count). The third-order valence-corrected chi connectivity index (χ3v) is 3.95. The van der Waals surface area contributed by atoms with Gasteiger partial charge in [0.25, 0.3) is 0 Å². The molecule has 206 valence electrons. The number of nitrogens with one attached hydrogen (secondary N) is 3. The topological polar surface area (TPSA) is 216 Å². The summed E-state index contributed by atoms with van der Waals surface area (Å²) in [4.78, 5) is 67.1. The molecule has 3 amide bonds. The summed E-state index contributed by atoms with van der Waals surface area (Å²) >= 11 is 0. The average molecular weight is 522 g/mol. The minimum Gasteiger partial charge on any atom is -0.481 e. The molecule has 1 unspecified atom stereocenters. The average Bonchev–Trinajstić information content (AvgIpc) is 2.76. The molecule has 0 aromatic rings. The highest BCUT2D eigenvalue weighted by atomic mass is 16.5. The Hall–Kier alpha value is -3.14. The van der Waals surface area contributed by atoms with Gasteiger partial charge in [-0.3, -0.25) is 28.8 Å². The van der Waals surface area contributed by atoms with Gasteiger partial charge in [0, 0.05) is 25.6 Å². The number of carbonyl (C=O) groups is 6. The fourth-order valence-electron chi connectivity index (χ4n) is 2.49. The van der Waals surface area contributed by atoms with Crippen LogP contribution in [0.15, 0.2) is 0 Å². The summed E-state index contributed by atoms with van der Waals surface area (Å²) in [6.45, 7) is 3.03. The third-order valence-electron chi connectivity index (χ3n) is 3.95. The number of carboxylic acid groups (broad SMARTS) is 2. The van der Waals surface area contributed by atoms with Crippen LogP contribution >= 0.6 is 0 Å². The second-order valence-electron chi connectivity index (χ2n) is 7.37. The van der Waals surface area contributed by atoms with Crippen molar-refractivity contribution in [2.45, 2.75) is 32.2 Å². The van der Waals surface area contributed by atoms with Gasteiger partial charge in [-0.15, -0.1) is 0 Å². The summed E-state index contributed by atoms with van der Waals surface area (Å²) in [5.74, 6) is -4.45. The second-order valence-corrected chi connectivity index (χ2v) is 7.37. The van der Waals surface area contributed by atoms with Crippen LogP contribution in [0.4, 0.5) is 0 Å². The normalized spacial score (nSPS) is 11.4. The molecule has 0 spiro atoms. The van der Waals surface area contributed by atoms with Crippen LogP contribution in [-0.2, 0) is 47.7 Å². The highest BCUT2D eigenvalue weighted by Crippen LogP contribution is 2.00. The van der Waals surface area contributed by atoms with Crippen LogP contribution in [0.3, 0.4) is 0 Å². The SMILES string of the molecule is CC(=O)COCCOCCNC(=O)COCCOCCNC(=O)CC(CC(=O)O)NC(=O)CC(=O)O. The number of aliphatic carboxylic acids is 2. The Balaban J connectivity index is 3.74. The van der Waals surface area contributed by atoms with Crippen LogP contribution in [0.2, 0.25) is 0 Å². The van der Waals surface area contributed by atoms with E-state index in [4.69, 9.17) is 29.2 Å². The quantitative estimate of drug-likeness (QED) is 0.0708. The van der Waals surface area contributed by atoms with E-state index >= 15 is 0 Å². The molecular formula is C21H35N3O12. The molecule has 0 bridgehead atoms. The Kier molecular flexibility index (Phi) is 19.3. The molecule has 5 N–H and O–H groups in total. The minimum absolute atomic E-state index is 0.0449. The molecule has 0 aliphatic heterocycles. The Morgan fingerprint density at radius 1 is 0.639 bits per heavy atom. The van der Waals surface area contributed by atoms with E-state index in [2.05, 4.69) is 16.0 Å². The first-order chi connectivity index (χ1) is 17.1. The van der Waals surface area contributed by atoms with E-state index in [1.165, 1.54) is 6.92 Å². The molecule has 0 saturated heterocycles. The summed E-state index contributed by atoms with van der Waals surface area (Å²) in [6, 6.07) is -1.05. The lowest BCUT2D eigenvalue weighted by molar-refractivity contribution is -0.141. The monoisotopic (exact) mass is 521 g/mol. The van der Waals surface area contributed by atoms with Gasteiger partial charge >= 0.3 is 11.9 Å². The standard InChI is InChI=1S/C21H35N3O12/c1-15(25)13-35-8-6-34-5-3-23-19(28)14-36-9-7-33-4-2-22-17(26)10-16(11-20(29)30)24-18(27)12-21(31)32/h16H,2-14H2,1H3,(H,22,26)(H,23,28)(H,24,27)(H,29,30)(H,31,32). The smallest absolute Gasteiger partial charge is 0.312 e. The lowest BCUT2D eigenvalue weighted by Crippen LogP contribution is -2.41. The van der Waals surface area contributed by atoms with Gasteiger partial charge < -0.3 is 45.1 Å². The second kappa shape index (κ2) is 21.2. The number of ether oxygens (including phenoxy) is 4. The Morgan fingerprint density at radius 3 is 1.69 bits per heavy atom. The first-order valence-corrected chi connectivity index (χ1v) is 11.2. The fourth-order valence-corrected chi connectivity index (χ4v) is 2.49. The van der Waals surface area contributed by atoms with Crippen molar-refractivity contribution in [2.75, 3.05) is 65.9 Å². The van der Waals surface area contributed by atoms with Gasteiger partial charge in [0.15, 0.2) is 5.78 Å². The lowest BCUT2D eigenvalue weighted by atomic mass is 10.1. The van der Waals surface area contributed by atoms with Gasteiger partial charge in [-0.05, 0) is 6.92 Å². The maximum atomic E-state index is 11.9. The van der Waals surface area contributed by atoms with E-state index in [1.807, 2.05) is 0 Å². The zero-order valence-corrected chi connectivity index (χ0v) is 20.2. The van der Waals surface area contributed by atoms with Crippen LogP contribution in [0.1, 0.15) is 26.2 Å². The van der Waals surface area contributed by atoms with Gasteiger partial charge in [-0.2, -0.15) is 0 Å². The summed E-state index contributed by atoms with van der Waals surface area (Å²) in [7, 11) is 0. The summed E-state index contributed by atoms with van der Waals surface area (Å²) in [5, 5.41) is 24.8. The third kappa shape index (κ3) is 22.6. The van der Waals surface area contributed by atoms with E-state index < -0.39 is 42.6 Å². The van der Waals surface area contributed by atoms with E-state index in [9.17, 15) is 28.8 Å². The van der Waals surface area contributed by atoms with Crippen molar-refractivity contribution in [1.82, 2.24) is 16.0 Å². The molecule has 15 nitrogen and oxygen atoms in total. The van der Waals surface area contributed by atoms with Gasteiger partial charge in [-0.1, -0.05) is 0 Å². The number of carboxylic acids is 2. The molecule has 1 atom stereocenters. The molecule has 0 fully saturated rings. The molecule has 36 heavy (non-hydrogen) atoms. The molecule has 0 saturated carbocycles. The van der Waals surface area contributed by atoms with Crippen LogP contribution in [-0.4, -0.2) is 118 Å². The summed E-state index contributed by atoms with van der Waals surface area (Å²) in [5.41, 5.74) is 0. The number of ketones is 1. The van der Waals surface area contributed by atoms with Crippen molar-refractivity contribution in [3.63, 3.8) is 0 Å². The number of hydrogen-bond acceptors (Lipinski definition) is 10. The van der Waals surface area contributed by atoms with Crippen LogP contribution in [0.25, 0.3) is 0 Å². The first-order valence-electron chi connectivity index (χ1n) is 11.2. The van der Waals surface area contributed by atoms with Crippen LogP contribution in [0, 0.1) is 0 Å². The van der Waals surface area contributed by atoms with Crippen LogP contribution in [0.5, 0.6) is 0 Å². The largest absolute Gasteiger partial charge is 0.481 e. The number of rotatable bonds is 23. The van der Waals surface area contributed by atoms with Gasteiger partial charge in [0.05, 0.1) is 46.1 Å². The predicted octanol–water partition coefficient (Wildman–Crippen LogP) is -2.30. The fraction of sp³-hybridized carbons (Fsp3) is 0.714. The summed E-state index contributed by atoms with van der Waals surface area (Å²) < 4.78 is 20.7. The van der Waals surface area contributed by atoms with Crippen molar-refractivity contribution in [2.24, 2.45) is 0 Å². The van der Waals surface area contributed by atoms with Gasteiger partial charge in [0.1, 0.15) is 19.6 Å². The molecule has 0 aromatic carbocycles. The molecule has 0 aromatic heterocycles. The number of Topliss-reactive ketones (excluding diaryl/α,β-unsaturated/α-hetero) is 1. The van der Waals surface area contributed by atoms with Gasteiger partial charge in [0.2, 0.25) is 17.7 Å². The highest BCUT2D eigenvalue weighted by Gasteiger charge is 2.20. The maximum Gasteiger partial charge on any atom is 0.312 e. The van der Waals surface area contributed by atoms with Crippen molar-refractivity contribution in [1.29, 1.82) is 0 Å². The van der Waals surface area contributed by atoms with Crippen molar-refractivity contribution in [3.05, 3.63) is 0 Å². The molecular weight excluding hydrogens is 486 g/mol. The van der Waals surface area contributed by atoms with E-state index in [0.29, 0.717) is 19.8 Å². The molecule has 0 aliphatic carbocycles. The van der Waals surface area contributed by atoms with Crippen molar-refractivity contribution < 1.29 is 57.9 Å². The van der Waals surface area contributed by atoms with Crippen LogP contribution < -0.4 is 16.0 Å². The van der Waals surface area contributed by atoms with Crippen molar-refractivity contribution in [3.8, 4) is 0 Å². The Bertz CT molecular complexity index is 716. The van der Waals surface area contributed by atoms with Crippen molar-refractivity contribution >= 4 is 35.4 Å². The number of hydrogen-bond donors (Lipinski definition) is 5. The molecule has 0 aliphatic rings. The number of carbonyl (C=O) groups excluding carboxylic acids is 4. The zero-order chi connectivity index (χ0) is 27.2. The molecule has 0 radical (unpaired) electrons. The predicted molar refractivity (Wildman–Crippen MR) is 121 cm³/mol. The molecule has 15 heteroatoms. The summed E-state index contributed by atoms with van der Waals surface area (Å²) in [6.07, 6.45) is -1.71. The Labute approximate surface area is 208 Å². The van der Waals surface area contributed by atoms with Gasteiger partial charge in [-0.25, -0.2) is 0 Å². The van der Waals surface area contributed by atoms with E-state index in [1.54, 1.807) is 0 Å². The molecule has 0 heterocycles. The number of amides is 3. The highest BCUT2D eigenvalue weighted by molar-refractivity contribution is 5.94. The maximum absolute atomic E-state index is 11.9. The minimum atomic E-state index is -1.37. The van der Waals surface area contributed by atoms with E-state index in [-0.39, 0.29) is 64.3 Å². The lowest BCUT2D eigenvalue weighted by Gasteiger charge is -2.16. The zero-order valence-electron chi connectivity index (χ0n) is 20.2. The Morgan fingerprint density at radius 2 is 1.17 bits per heavy atom. The first kappa shape index (κ1) is 32.9. The van der Waals surface area contributed by atoms with E-state index in [0.717, 1.165) is 0 Å².